The highest BCUT2D eigenvalue weighted by Crippen LogP contribution is 2.23. The summed E-state index contributed by atoms with van der Waals surface area (Å²) < 4.78 is 5.81. The summed E-state index contributed by atoms with van der Waals surface area (Å²) in [7, 11) is 0. The molecule has 1 amide bonds. The molecule has 140 valence electrons. The van der Waals surface area contributed by atoms with Gasteiger partial charge in [-0.1, -0.05) is 29.8 Å². The third-order valence-corrected chi connectivity index (χ3v) is 4.19. The van der Waals surface area contributed by atoms with Crippen molar-refractivity contribution in [2.45, 2.75) is 19.9 Å². The van der Waals surface area contributed by atoms with Gasteiger partial charge in [0.15, 0.2) is 0 Å². The van der Waals surface area contributed by atoms with E-state index in [0.29, 0.717) is 11.3 Å². The maximum absolute atomic E-state index is 12.4. The van der Waals surface area contributed by atoms with Gasteiger partial charge in [-0.3, -0.25) is 4.79 Å². The van der Waals surface area contributed by atoms with Crippen molar-refractivity contribution >= 4 is 17.3 Å². The van der Waals surface area contributed by atoms with Gasteiger partial charge in [0.2, 0.25) is 5.91 Å². The van der Waals surface area contributed by atoms with Crippen molar-refractivity contribution in [3.8, 4) is 17.6 Å². The predicted molar refractivity (Wildman–Crippen MR) is 111 cm³/mol. The zero-order chi connectivity index (χ0) is 19.9. The van der Waals surface area contributed by atoms with Crippen LogP contribution in [0.4, 0.5) is 11.4 Å². The number of benzene rings is 3. The summed E-state index contributed by atoms with van der Waals surface area (Å²) >= 11 is 0. The number of hydrogen-bond donors (Lipinski definition) is 2. The molecular weight excluding hydrogens is 350 g/mol. The summed E-state index contributed by atoms with van der Waals surface area (Å²) in [6.07, 6.45) is 0. The molecule has 3 rings (SSSR count). The number of nitriles is 1. The van der Waals surface area contributed by atoms with E-state index in [1.54, 1.807) is 31.2 Å². The van der Waals surface area contributed by atoms with E-state index in [-0.39, 0.29) is 5.91 Å². The minimum absolute atomic E-state index is 0.220. The van der Waals surface area contributed by atoms with Crippen LogP contribution in [0.15, 0.2) is 72.8 Å². The van der Waals surface area contributed by atoms with E-state index in [0.717, 1.165) is 17.2 Å². The number of nitrogens with one attached hydrogen (secondary N) is 2. The quantitative estimate of drug-likeness (QED) is 0.632. The SMILES string of the molecule is Cc1ccc(Oc2ccc(N[C@@H](C)C(=O)Nc3ccccc3C#N)cc2)cc1. The van der Waals surface area contributed by atoms with Crippen LogP contribution < -0.4 is 15.4 Å². The number of ether oxygens (including phenoxy) is 1. The topological polar surface area (TPSA) is 74.2 Å². The summed E-state index contributed by atoms with van der Waals surface area (Å²) in [6.45, 7) is 3.79. The zero-order valence-electron chi connectivity index (χ0n) is 15.8. The van der Waals surface area contributed by atoms with Gasteiger partial charge in [0.25, 0.3) is 0 Å². The number of rotatable bonds is 6. The van der Waals surface area contributed by atoms with Gasteiger partial charge in [-0.25, -0.2) is 0 Å². The Hall–Kier alpha value is -3.78. The summed E-state index contributed by atoms with van der Waals surface area (Å²) in [5.41, 5.74) is 2.91. The molecular formula is C23H21N3O2. The molecule has 1 atom stereocenters. The molecule has 0 bridgehead atoms. The fourth-order valence-electron chi connectivity index (χ4n) is 2.61. The molecule has 0 aliphatic rings. The number of anilines is 2. The largest absolute Gasteiger partial charge is 0.457 e. The Labute approximate surface area is 164 Å². The molecule has 3 aromatic rings. The van der Waals surface area contributed by atoms with Crippen molar-refractivity contribution in [2.75, 3.05) is 10.6 Å². The van der Waals surface area contributed by atoms with Crippen molar-refractivity contribution in [1.82, 2.24) is 0 Å². The van der Waals surface area contributed by atoms with Gasteiger partial charge in [-0.2, -0.15) is 5.26 Å². The fraction of sp³-hybridized carbons (Fsp3) is 0.130. The lowest BCUT2D eigenvalue weighted by Crippen LogP contribution is -2.32. The average molecular weight is 371 g/mol. The van der Waals surface area contributed by atoms with Gasteiger partial charge >= 0.3 is 0 Å². The van der Waals surface area contributed by atoms with E-state index in [9.17, 15) is 4.79 Å². The van der Waals surface area contributed by atoms with E-state index < -0.39 is 6.04 Å². The molecule has 0 saturated carbocycles. The Morgan fingerprint density at radius 3 is 2.21 bits per heavy atom. The van der Waals surface area contributed by atoms with Crippen LogP contribution in [0.1, 0.15) is 18.1 Å². The van der Waals surface area contributed by atoms with Crippen molar-refractivity contribution in [3.63, 3.8) is 0 Å². The van der Waals surface area contributed by atoms with E-state index >= 15 is 0 Å². The number of amides is 1. The number of carbonyl (C=O) groups is 1. The first-order valence-electron chi connectivity index (χ1n) is 8.96. The molecule has 0 saturated heterocycles. The lowest BCUT2D eigenvalue weighted by Gasteiger charge is -2.16. The van der Waals surface area contributed by atoms with Crippen LogP contribution in [0.2, 0.25) is 0 Å². The Bertz CT molecular complexity index is 990. The molecule has 0 unspecified atom stereocenters. The summed E-state index contributed by atoms with van der Waals surface area (Å²) in [5, 5.41) is 15.1. The van der Waals surface area contributed by atoms with Crippen molar-refractivity contribution < 1.29 is 9.53 Å². The number of aryl methyl sites for hydroxylation is 1. The second-order valence-corrected chi connectivity index (χ2v) is 6.45. The van der Waals surface area contributed by atoms with Gasteiger partial charge in [0, 0.05) is 5.69 Å². The molecule has 0 heterocycles. The van der Waals surface area contributed by atoms with Gasteiger partial charge in [0.1, 0.15) is 23.6 Å². The van der Waals surface area contributed by atoms with Crippen LogP contribution >= 0.6 is 0 Å². The van der Waals surface area contributed by atoms with Crippen LogP contribution in [0.25, 0.3) is 0 Å². The highest BCUT2D eigenvalue weighted by atomic mass is 16.5. The molecule has 0 fully saturated rings. The molecule has 3 aromatic carbocycles. The Kier molecular flexibility index (Phi) is 5.93. The maximum atomic E-state index is 12.4. The van der Waals surface area contributed by atoms with E-state index in [1.807, 2.05) is 55.5 Å². The summed E-state index contributed by atoms with van der Waals surface area (Å²) in [6, 6.07) is 23.8. The summed E-state index contributed by atoms with van der Waals surface area (Å²) in [5.74, 6) is 1.27. The highest BCUT2D eigenvalue weighted by molar-refractivity contribution is 5.97. The minimum atomic E-state index is -0.476. The maximum Gasteiger partial charge on any atom is 0.246 e. The molecule has 0 spiro atoms. The zero-order valence-corrected chi connectivity index (χ0v) is 15.8. The summed E-state index contributed by atoms with van der Waals surface area (Å²) in [4.78, 5) is 12.4. The Morgan fingerprint density at radius 2 is 1.57 bits per heavy atom. The standard InChI is InChI=1S/C23H21N3O2/c1-16-7-11-20(12-8-16)28-21-13-9-19(10-14-21)25-17(2)23(27)26-22-6-4-3-5-18(22)15-24/h3-14,17,25H,1-2H3,(H,26,27)/t17-/m0/s1. The van der Waals surface area contributed by atoms with E-state index in [2.05, 4.69) is 16.7 Å². The second kappa shape index (κ2) is 8.74. The molecule has 0 aliphatic heterocycles. The molecule has 5 heteroatoms. The Morgan fingerprint density at radius 1 is 0.964 bits per heavy atom. The van der Waals surface area contributed by atoms with Crippen molar-refractivity contribution in [2.24, 2.45) is 0 Å². The molecule has 0 aliphatic carbocycles. The third-order valence-electron chi connectivity index (χ3n) is 4.19. The predicted octanol–water partition coefficient (Wildman–Crippen LogP) is 5.10. The van der Waals surface area contributed by atoms with Crippen LogP contribution in [0, 0.1) is 18.3 Å². The minimum Gasteiger partial charge on any atom is -0.457 e. The van der Waals surface area contributed by atoms with E-state index in [1.165, 1.54) is 5.56 Å². The van der Waals surface area contributed by atoms with Crippen molar-refractivity contribution in [1.29, 1.82) is 5.26 Å². The second-order valence-electron chi connectivity index (χ2n) is 6.45. The third kappa shape index (κ3) is 4.89. The molecule has 2 N–H and O–H groups in total. The van der Waals surface area contributed by atoms with Crippen LogP contribution in [-0.2, 0) is 4.79 Å². The molecule has 0 aromatic heterocycles. The lowest BCUT2D eigenvalue weighted by molar-refractivity contribution is -0.116. The number of nitrogens with zero attached hydrogens (tertiary/aromatic N) is 1. The lowest BCUT2D eigenvalue weighted by atomic mass is 10.2. The smallest absolute Gasteiger partial charge is 0.246 e. The number of carbonyl (C=O) groups excluding carboxylic acids is 1. The highest BCUT2D eigenvalue weighted by Gasteiger charge is 2.14. The van der Waals surface area contributed by atoms with Gasteiger partial charge < -0.3 is 15.4 Å². The first kappa shape index (κ1) is 19.0. The molecule has 28 heavy (non-hydrogen) atoms. The molecule has 0 radical (unpaired) electrons. The number of hydrogen-bond acceptors (Lipinski definition) is 4. The van der Waals surface area contributed by atoms with Crippen molar-refractivity contribution in [3.05, 3.63) is 83.9 Å². The first-order chi connectivity index (χ1) is 13.5. The van der Waals surface area contributed by atoms with Gasteiger partial charge in [0.05, 0.1) is 11.3 Å². The normalized spacial score (nSPS) is 11.2. The number of para-hydroxylation sites is 1. The monoisotopic (exact) mass is 371 g/mol. The van der Waals surface area contributed by atoms with Gasteiger partial charge in [-0.05, 0) is 62.4 Å². The van der Waals surface area contributed by atoms with E-state index in [4.69, 9.17) is 10.00 Å². The van der Waals surface area contributed by atoms with Gasteiger partial charge in [-0.15, -0.1) is 0 Å². The first-order valence-corrected chi connectivity index (χ1v) is 8.96. The Balaban J connectivity index is 1.59. The molecule has 5 nitrogen and oxygen atoms in total. The van der Waals surface area contributed by atoms with Crippen LogP contribution in [-0.4, -0.2) is 11.9 Å². The van der Waals surface area contributed by atoms with Crippen LogP contribution in [0.3, 0.4) is 0 Å². The fourth-order valence-corrected chi connectivity index (χ4v) is 2.61. The van der Waals surface area contributed by atoms with Crippen LogP contribution in [0.5, 0.6) is 11.5 Å². The average Bonchev–Trinajstić information content (AvgIpc) is 2.71.